The van der Waals surface area contributed by atoms with Crippen LogP contribution in [-0.2, 0) is 4.74 Å². The van der Waals surface area contributed by atoms with Gasteiger partial charge in [0.15, 0.2) is 0 Å². The maximum absolute atomic E-state index is 12.9. The van der Waals surface area contributed by atoms with Gasteiger partial charge in [-0.2, -0.15) is 0 Å². The molecule has 6 nitrogen and oxygen atoms in total. The van der Waals surface area contributed by atoms with E-state index >= 15 is 0 Å². The van der Waals surface area contributed by atoms with Crippen molar-refractivity contribution in [2.24, 2.45) is 0 Å². The maximum Gasteiger partial charge on any atom is 0.267 e. The summed E-state index contributed by atoms with van der Waals surface area (Å²) in [7, 11) is 0. The number of carbonyl (C=O) groups excluding carboxylic acids is 2. The summed E-state index contributed by atoms with van der Waals surface area (Å²) < 4.78 is 5.55. The van der Waals surface area contributed by atoms with Crippen molar-refractivity contribution in [1.29, 1.82) is 0 Å². The van der Waals surface area contributed by atoms with Gasteiger partial charge in [0.2, 0.25) is 0 Å². The molecule has 0 radical (unpaired) electrons. The van der Waals surface area contributed by atoms with Crippen LogP contribution in [0.4, 0.5) is 5.69 Å². The number of thiazole rings is 1. The highest BCUT2D eigenvalue weighted by Gasteiger charge is 2.21. The molecule has 1 saturated heterocycles. The number of amides is 2. The van der Waals surface area contributed by atoms with Crippen LogP contribution in [0.5, 0.6) is 0 Å². The van der Waals surface area contributed by atoms with Crippen LogP contribution in [-0.4, -0.2) is 36.1 Å². The second kappa shape index (κ2) is 8.86. The molecule has 2 aromatic heterocycles. The molecule has 8 heteroatoms. The fourth-order valence-electron chi connectivity index (χ4n) is 3.19. The first-order chi connectivity index (χ1) is 14.1. The van der Waals surface area contributed by atoms with Gasteiger partial charge in [0.05, 0.1) is 27.9 Å². The molecule has 2 amide bonds. The molecule has 1 atom stereocenters. The summed E-state index contributed by atoms with van der Waals surface area (Å²) in [5, 5.41) is 8.59. The van der Waals surface area contributed by atoms with Crippen LogP contribution in [0.1, 0.15) is 38.6 Å². The Balaban J connectivity index is 1.48. The zero-order chi connectivity index (χ0) is 20.2. The maximum atomic E-state index is 12.9. The summed E-state index contributed by atoms with van der Waals surface area (Å²) in [6.45, 7) is 3.04. The average molecular weight is 428 g/mol. The van der Waals surface area contributed by atoms with E-state index < -0.39 is 0 Å². The standard InChI is InChI=1S/C21H21N3O3S2/c1-13-18(29-21(23-13)17-9-5-11-28-17)20(26)24-16-8-3-2-7-15(16)19(25)22-12-14-6-4-10-27-14/h2-3,5,7-9,11,14H,4,6,10,12H2,1H3,(H,22,25)(H,24,26). The number of hydrogen-bond acceptors (Lipinski definition) is 6. The van der Waals surface area contributed by atoms with E-state index in [1.165, 1.54) is 11.3 Å². The lowest BCUT2D eigenvalue weighted by molar-refractivity contribution is 0.0858. The van der Waals surface area contributed by atoms with Gasteiger partial charge in [-0.15, -0.1) is 22.7 Å². The predicted octanol–water partition coefficient (Wildman–Crippen LogP) is 4.34. The van der Waals surface area contributed by atoms with Crippen molar-refractivity contribution in [3.8, 4) is 9.88 Å². The minimum absolute atomic E-state index is 0.0659. The Labute approximate surface area is 176 Å². The van der Waals surface area contributed by atoms with Gasteiger partial charge in [0, 0.05) is 13.2 Å². The molecule has 29 heavy (non-hydrogen) atoms. The molecule has 150 valence electrons. The molecular formula is C21H21N3O3S2. The lowest BCUT2D eigenvalue weighted by Gasteiger charge is -2.13. The summed E-state index contributed by atoms with van der Waals surface area (Å²) in [5.74, 6) is -0.487. The van der Waals surface area contributed by atoms with E-state index in [1.807, 2.05) is 24.4 Å². The normalized spacial score (nSPS) is 16.0. The number of nitrogens with one attached hydrogen (secondary N) is 2. The molecule has 1 aliphatic rings. The number of thiophene rings is 1. The third-order valence-corrected chi connectivity index (χ3v) is 6.86. The Hall–Kier alpha value is -2.55. The summed E-state index contributed by atoms with van der Waals surface area (Å²) in [5.41, 5.74) is 1.59. The van der Waals surface area contributed by atoms with Gasteiger partial charge in [-0.3, -0.25) is 9.59 Å². The number of rotatable bonds is 6. The van der Waals surface area contributed by atoms with E-state index in [2.05, 4.69) is 15.6 Å². The van der Waals surface area contributed by atoms with Gasteiger partial charge in [-0.05, 0) is 43.3 Å². The number of carbonyl (C=O) groups is 2. The van der Waals surface area contributed by atoms with Gasteiger partial charge in [-0.25, -0.2) is 4.98 Å². The van der Waals surface area contributed by atoms with Crippen molar-refractivity contribution in [3.05, 3.63) is 57.9 Å². The van der Waals surface area contributed by atoms with Crippen molar-refractivity contribution in [2.45, 2.75) is 25.9 Å². The highest BCUT2D eigenvalue weighted by atomic mass is 32.1. The van der Waals surface area contributed by atoms with E-state index in [1.54, 1.807) is 35.6 Å². The molecule has 1 unspecified atom stereocenters. The monoisotopic (exact) mass is 427 g/mol. The van der Waals surface area contributed by atoms with Crippen molar-refractivity contribution in [2.75, 3.05) is 18.5 Å². The van der Waals surface area contributed by atoms with Crippen molar-refractivity contribution in [1.82, 2.24) is 10.3 Å². The largest absolute Gasteiger partial charge is 0.376 e. The van der Waals surface area contributed by atoms with Crippen molar-refractivity contribution < 1.29 is 14.3 Å². The lowest BCUT2D eigenvalue weighted by Crippen LogP contribution is -2.32. The van der Waals surface area contributed by atoms with E-state index in [9.17, 15) is 9.59 Å². The van der Waals surface area contributed by atoms with Crippen LogP contribution in [0.15, 0.2) is 41.8 Å². The van der Waals surface area contributed by atoms with Crippen LogP contribution in [0, 0.1) is 6.92 Å². The molecule has 0 aliphatic carbocycles. The van der Waals surface area contributed by atoms with Gasteiger partial charge in [0.1, 0.15) is 9.88 Å². The number of nitrogens with zero attached hydrogens (tertiary/aromatic N) is 1. The van der Waals surface area contributed by atoms with Gasteiger partial charge < -0.3 is 15.4 Å². The molecule has 2 N–H and O–H groups in total. The summed E-state index contributed by atoms with van der Waals surface area (Å²) in [4.78, 5) is 31.6. The quantitative estimate of drug-likeness (QED) is 0.613. The van der Waals surface area contributed by atoms with Crippen LogP contribution in [0.2, 0.25) is 0 Å². The highest BCUT2D eigenvalue weighted by molar-refractivity contribution is 7.22. The third-order valence-electron chi connectivity index (χ3n) is 4.67. The second-order valence-electron chi connectivity index (χ2n) is 6.76. The molecule has 0 spiro atoms. The van der Waals surface area contributed by atoms with Gasteiger partial charge in [-0.1, -0.05) is 18.2 Å². The van der Waals surface area contributed by atoms with Crippen LogP contribution >= 0.6 is 22.7 Å². The van der Waals surface area contributed by atoms with Gasteiger partial charge >= 0.3 is 0 Å². The number of para-hydroxylation sites is 1. The van der Waals surface area contributed by atoms with Crippen molar-refractivity contribution in [3.63, 3.8) is 0 Å². The molecule has 0 bridgehead atoms. The predicted molar refractivity (Wildman–Crippen MR) is 116 cm³/mol. The summed E-state index contributed by atoms with van der Waals surface area (Å²) in [6.07, 6.45) is 2.04. The van der Waals surface area contributed by atoms with Gasteiger partial charge in [0.25, 0.3) is 11.8 Å². The number of benzene rings is 1. The van der Waals surface area contributed by atoms with Crippen LogP contribution < -0.4 is 10.6 Å². The van der Waals surface area contributed by atoms with E-state index in [4.69, 9.17) is 4.74 Å². The Morgan fingerprint density at radius 3 is 2.83 bits per heavy atom. The Morgan fingerprint density at radius 1 is 1.21 bits per heavy atom. The molecular weight excluding hydrogens is 406 g/mol. The molecule has 4 rings (SSSR count). The Bertz CT molecular complexity index is 1010. The first-order valence-electron chi connectivity index (χ1n) is 9.43. The number of aromatic nitrogens is 1. The lowest BCUT2D eigenvalue weighted by atomic mass is 10.1. The van der Waals surface area contributed by atoms with E-state index in [0.29, 0.717) is 28.4 Å². The van der Waals surface area contributed by atoms with E-state index in [0.717, 1.165) is 29.3 Å². The topological polar surface area (TPSA) is 80.3 Å². The van der Waals surface area contributed by atoms with Crippen LogP contribution in [0.25, 0.3) is 9.88 Å². The molecule has 3 aromatic rings. The zero-order valence-corrected chi connectivity index (χ0v) is 17.6. The fourth-order valence-corrected chi connectivity index (χ4v) is 4.95. The second-order valence-corrected chi connectivity index (χ2v) is 8.70. The minimum atomic E-state index is -0.262. The zero-order valence-electron chi connectivity index (χ0n) is 15.9. The van der Waals surface area contributed by atoms with Crippen LogP contribution in [0.3, 0.4) is 0 Å². The SMILES string of the molecule is Cc1nc(-c2cccs2)sc1C(=O)Nc1ccccc1C(=O)NCC1CCCO1. The van der Waals surface area contributed by atoms with E-state index in [-0.39, 0.29) is 17.9 Å². The number of aryl methyl sites for hydroxylation is 1. The fraction of sp³-hybridized carbons (Fsp3) is 0.286. The Kier molecular flexibility index (Phi) is 6.03. The molecule has 1 aromatic carbocycles. The first kappa shape index (κ1) is 19.8. The molecule has 3 heterocycles. The highest BCUT2D eigenvalue weighted by Crippen LogP contribution is 2.31. The average Bonchev–Trinajstić information content (AvgIpc) is 3.48. The molecule has 1 fully saturated rings. The summed E-state index contributed by atoms with van der Waals surface area (Å²) >= 11 is 2.95. The number of hydrogen-bond donors (Lipinski definition) is 2. The smallest absolute Gasteiger partial charge is 0.267 e. The molecule has 1 aliphatic heterocycles. The third kappa shape index (κ3) is 4.55. The first-order valence-corrected chi connectivity index (χ1v) is 11.1. The number of anilines is 1. The van der Waals surface area contributed by atoms with Crippen molar-refractivity contribution >= 4 is 40.2 Å². The summed E-state index contributed by atoms with van der Waals surface area (Å²) in [6, 6.07) is 11.0. The minimum Gasteiger partial charge on any atom is -0.376 e. The number of ether oxygens (including phenoxy) is 1. The molecule has 0 saturated carbocycles. The Morgan fingerprint density at radius 2 is 2.07 bits per heavy atom.